The second-order valence-corrected chi connectivity index (χ2v) is 7.55. The molecule has 28 heavy (non-hydrogen) atoms. The van der Waals surface area contributed by atoms with Crippen molar-refractivity contribution in [1.29, 1.82) is 0 Å². The molecule has 2 N–H and O–H groups in total. The molecule has 1 aromatic heterocycles. The maximum Gasteiger partial charge on any atom is 0.161 e. The van der Waals surface area contributed by atoms with E-state index >= 15 is 0 Å². The van der Waals surface area contributed by atoms with Crippen LogP contribution in [-0.4, -0.2) is 51.1 Å². The van der Waals surface area contributed by atoms with E-state index in [2.05, 4.69) is 27.3 Å². The zero-order valence-electron chi connectivity index (χ0n) is 17.0. The average Bonchev–Trinajstić information content (AvgIpc) is 2.96. The van der Waals surface area contributed by atoms with Crippen molar-refractivity contribution in [1.82, 2.24) is 10.2 Å². The molecule has 0 aliphatic carbocycles. The Labute approximate surface area is 169 Å². The van der Waals surface area contributed by atoms with Crippen LogP contribution in [0.3, 0.4) is 0 Å². The number of aliphatic imine (C=N–C) groups is 1. The third-order valence-corrected chi connectivity index (χ3v) is 5.10. The summed E-state index contributed by atoms with van der Waals surface area (Å²) in [6.45, 7) is 9.34. The van der Waals surface area contributed by atoms with Crippen molar-refractivity contribution in [2.45, 2.75) is 20.8 Å². The lowest BCUT2D eigenvalue weighted by atomic mass is 10.2. The molecule has 2 heterocycles. The topological polar surface area (TPSA) is 48.9 Å². The predicted molar refractivity (Wildman–Crippen MR) is 114 cm³/mol. The minimum atomic E-state index is -0.893. The number of benzene rings is 1. The lowest BCUT2D eigenvalue weighted by molar-refractivity contribution is 0.215. The van der Waals surface area contributed by atoms with Gasteiger partial charge in [0.15, 0.2) is 11.6 Å². The van der Waals surface area contributed by atoms with Crippen LogP contribution < -0.4 is 10.6 Å². The Hall–Kier alpha value is -2.03. The highest BCUT2D eigenvalue weighted by Gasteiger charge is 2.22. The molecule has 0 bridgehead atoms. The number of hydrogen-bond acceptors (Lipinski definition) is 6. The van der Waals surface area contributed by atoms with Crippen molar-refractivity contribution < 1.29 is 13.5 Å². The average molecular weight is 411 g/mol. The Morgan fingerprint density at radius 2 is 1.89 bits per heavy atom. The molecule has 8 heteroatoms. The number of aryl methyl sites for hydroxylation is 1. The van der Waals surface area contributed by atoms with Crippen molar-refractivity contribution in [2.75, 3.05) is 45.7 Å². The van der Waals surface area contributed by atoms with Crippen molar-refractivity contribution in [3.8, 4) is 0 Å². The molecule has 0 fully saturated rings. The molecule has 0 saturated carbocycles. The fraction of sp³-hybridized carbons (Fsp3) is 0.450. The normalized spacial score (nSPS) is 12.0. The Bertz CT molecular complexity index is 821. The van der Waals surface area contributed by atoms with Gasteiger partial charge in [-0.2, -0.15) is 0 Å². The number of hydrogen-bond donors (Lipinski definition) is 2. The fourth-order valence-electron chi connectivity index (χ4n) is 2.62. The van der Waals surface area contributed by atoms with Gasteiger partial charge in [0.05, 0.1) is 16.9 Å². The number of nitrogens with zero attached hydrogens (tertiary/aromatic N) is 2. The van der Waals surface area contributed by atoms with Gasteiger partial charge in [-0.1, -0.05) is 6.92 Å². The maximum absolute atomic E-state index is 13.6. The molecule has 0 amide bonds. The summed E-state index contributed by atoms with van der Waals surface area (Å²) in [5, 5.41) is 7.37. The number of anilines is 2. The van der Waals surface area contributed by atoms with Gasteiger partial charge in [-0.05, 0) is 26.5 Å². The van der Waals surface area contributed by atoms with Gasteiger partial charge in [-0.15, -0.1) is 11.3 Å². The summed E-state index contributed by atoms with van der Waals surface area (Å²) < 4.78 is 31.8. The first-order valence-electron chi connectivity index (χ1n) is 9.27. The smallest absolute Gasteiger partial charge is 0.161 e. The molecule has 0 saturated heterocycles. The Balaban J connectivity index is 0.000000640. The molecule has 1 aliphatic rings. The molecule has 1 aliphatic heterocycles. The molecule has 2 aromatic rings. The summed E-state index contributed by atoms with van der Waals surface area (Å²) in [5.41, 5.74) is 1.83. The van der Waals surface area contributed by atoms with Crippen LogP contribution in [0, 0.1) is 18.6 Å². The molecular formula is C20H28F2N4OS. The van der Waals surface area contributed by atoms with Crippen LogP contribution >= 0.6 is 11.3 Å². The number of nitrogens with one attached hydrogen (secondary N) is 2. The lowest BCUT2D eigenvalue weighted by Gasteiger charge is -2.21. The monoisotopic (exact) mass is 410 g/mol. The number of amidine groups is 1. The van der Waals surface area contributed by atoms with Gasteiger partial charge in [0, 0.05) is 50.9 Å². The first-order chi connectivity index (χ1) is 13.4. The summed E-state index contributed by atoms with van der Waals surface area (Å²) in [4.78, 5) is 7.79. The van der Waals surface area contributed by atoms with Crippen LogP contribution in [0.15, 0.2) is 23.2 Å². The molecule has 1 aromatic carbocycles. The van der Waals surface area contributed by atoms with Crippen molar-refractivity contribution >= 4 is 33.5 Å². The predicted octanol–water partition coefficient (Wildman–Crippen LogP) is 4.66. The number of rotatable bonds is 5. The number of thiophene rings is 1. The van der Waals surface area contributed by atoms with Crippen LogP contribution in [0.2, 0.25) is 0 Å². The van der Waals surface area contributed by atoms with Gasteiger partial charge in [0.1, 0.15) is 10.8 Å². The number of fused-ring (bicyclic) bond motifs is 2. The Morgan fingerprint density at radius 1 is 1.21 bits per heavy atom. The van der Waals surface area contributed by atoms with Gasteiger partial charge in [-0.3, -0.25) is 0 Å². The largest absolute Gasteiger partial charge is 0.385 e. The standard InChI is InChI=1S/C17H20F2N4S.C3H8O/c1-4-20-5-6-23(3)16-11-7-10(2)24-17(11)22-15-9-13(19)12(18)8-14(15)21-16;1-3-4-2/h7-9,20,22H,4-6H2,1-3H3;3H2,1-2H3. The van der Waals surface area contributed by atoms with Crippen molar-refractivity contribution in [2.24, 2.45) is 4.99 Å². The molecule has 5 nitrogen and oxygen atoms in total. The van der Waals surface area contributed by atoms with E-state index in [9.17, 15) is 8.78 Å². The van der Waals surface area contributed by atoms with Crippen LogP contribution in [0.1, 0.15) is 24.3 Å². The molecular weight excluding hydrogens is 382 g/mol. The van der Waals surface area contributed by atoms with Crippen LogP contribution in [0.5, 0.6) is 0 Å². The molecule has 154 valence electrons. The van der Waals surface area contributed by atoms with E-state index in [1.807, 2.05) is 31.9 Å². The highest BCUT2D eigenvalue weighted by molar-refractivity contribution is 7.16. The summed E-state index contributed by atoms with van der Waals surface area (Å²) in [7, 11) is 3.64. The van der Waals surface area contributed by atoms with E-state index in [1.165, 1.54) is 0 Å². The summed E-state index contributed by atoms with van der Waals surface area (Å²) in [5.74, 6) is -1.02. The zero-order chi connectivity index (χ0) is 20.7. The third-order valence-electron chi connectivity index (χ3n) is 4.13. The minimum absolute atomic E-state index is 0.403. The molecule has 3 rings (SSSR count). The van der Waals surface area contributed by atoms with Crippen LogP contribution in [0.25, 0.3) is 0 Å². The quantitative estimate of drug-likeness (QED) is 0.704. The third kappa shape index (κ3) is 5.50. The van der Waals surface area contributed by atoms with Gasteiger partial charge < -0.3 is 20.3 Å². The van der Waals surface area contributed by atoms with Crippen LogP contribution in [-0.2, 0) is 4.74 Å². The Kier molecular flexibility index (Phi) is 8.35. The van der Waals surface area contributed by atoms with Crippen LogP contribution in [0.4, 0.5) is 25.2 Å². The van der Waals surface area contributed by atoms with E-state index in [1.54, 1.807) is 18.4 Å². The first kappa shape index (κ1) is 22.3. The van der Waals surface area contributed by atoms with E-state index in [0.717, 1.165) is 59.7 Å². The van der Waals surface area contributed by atoms with E-state index < -0.39 is 11.6 Å². The fourth-order valence-corrected chi connectivity index (χ4v) is 3.54. The van der Waals surface area contributed by atoms with Gasteiger partial charge in [0.25, 0.3) is 0 Å². The molecule has 0 spiro atoms. The SMILES string of the molecule is CCNCCN(C)C1=Nc2cc(F)c(F)cc2Nc2sc(C)cc21.CCOC. The second kappa shape index (κ2) is 10.5. The molecule has 0 unspecified atom stereocenters. The zero-order valence-corrected chi connectivity index (χ0v) is 17.8. The van der Waals surface area contributed by atoms with E-state index in [-0.39, 0.29) is 0 Å². The maximum atomic E-state index is 13.6. The minimum Gasteiger partial charge on any atom is -0.385 e. The number of halogens is 2. The number of likely N-dealkylation sites (N-methyl/N-ethyl adjacent to an activating group) is 2. The molecule has 0 radical (unpaired) electrons. The Morgan fingerprint density at radius 3 is 2.54 bits per heavy atom. The van der Waals surface area contributed by atoms with Gasteiger partial charge in [0.2, 0.25) is 0 Å². The first-order valence-corrected chi connectivity index (χ1v) is 10.1. The highest BCUT2D eigenvalue weighted by atomic mass is 32.1. The summed E-state index contributed by atoms with van der Waals surface area (Å²) >= 11 is 1.58. The second-order valence-electron chi connectivity index (χ2n) is 6.30. The lowest BCUT2D eigenvalue weighted by Crippen LogP contribution is -2.34. The van der Waals surface area contributed by atoms with Gasteiger partial charge in [-0.25, -0.2) is 13.8 Å². The number of ether oxygens (including phenoxy) is 1. The van der Waals surface area contributed by atoms with Crippen molar-refractivity contribution in [3.05, 3.63) is 40.3 Å². The summed E-state index contributed by atoms with van der Waals surface area (Å²) in [6.07, 6.45) is 0. The highest BCUT2D eigenvalue weighted by Crippen LogP contribution is 2.39. The molecule has 0 atom stereocenters. The van der Waals surface area contributed by atoms with E-state index in [4.69, 9.17) is 0 Å². The number of methoxy groups -OCH3 is 1. The van der Waals surface area contributed by atoms with Gasteiger partial charge >= 0.3 is 0 Å². The van der Waals surface area contributed by atoms with Crippen molar-refractivity contribution in [3.63, 3.8) is 0 Å². The summed E-state index contributed by atoms with van der Waals surface area (Å²) in [6, 6.07) is 4.35. The van der Waals surface area contributed by atoms with E-state index in [0.29, 0.717) is 11.4 Å².